The maximum atomic E-state index is 12.7. The zero-order chi connectivity index (χ0) is 20.5. The van der Waals surface area contributed by atoms with Crippen LogP contribution < -0.4 is 0 Å². The fourth-order valence-electron chi connectivity index (χ4n) is 2.94. The Kier molecular flexibility index (Phi) is 7.47. The minimum absolute atomic E-state index is 0.0584. The molecule has 1 aromatic carbocycles. The van der Waals surface area contributed by atoms with Gasteiger partial charge in [-0.15, -0.1) is 10.2 Å². The summed E-state index contributed by atoms with van der Waals surface area (Å²) in [4.78, 5) is 14.4. The second-order valence-corrected chi connectivity index (χ2v) is 7.34. The van der Waals surface area contributed by atoms with Gasteiger partial charge in [-0.2, -0.15) is 5.26 Å². The highest BCUT2D eigenvalue weighted by Crippen LogP contribution is 2.20. The summed E-state index contributed by atoms with van der Waals surface area (Å²) in [6.45, 7) is 3.50. The maximum absolute atomic E-state index is 12.7. The lowest BCUT2D eigenvalue weighted by molar-refractivity contribution is -0.129. The number of amides is 1. The second kappa shape index (κ2) is 10.5. The molecule has 8 heteroatoms. The number of nitrogens with zero attached hydrogens (tertiary/aromatic N) is 5. The number of nitriles is 1. The first-order valence-electron chi connectivity index (χ1n) is 9.47. The van der Waals surface area contributed by atoms with Crippen LogP contribution >= 0.6 is 11.8 Å². The fourth-order valence-corrected chi connectivity index (χ4v) is 3.86. The lowest BCUT2D eigenvalue weighted by atomic mass is 10.1. The van der Waals surface area contributed by atoms with Gasteiger partial charge in [-0.1, -0.05) is 42.1 Å². The van der Waals surface area contributed by atoms with E-state index < -0.39 is 0 Å². The number of hydrogen-bond donors (Lipinski definition) is 0. The molecule has 0 aliphatic heterocycles. The fraction of sp³-hybridized carbons (Fsp3) is 0.333. The van der Waals surface area contributed by atoms with Gasteiger partial charge < -0.3 is 13.9 Å². The number of rotatable bonds is 10. The molecule has 0 saturated heterocycles. The maximum Gasteiger partial charge on any atom is 0.233 e. The predicted molar refractivity (Wildman–Crippen MR) is 110 cm³/mol. The van der Waals surface area contributed by atoms with Crippen molar-refractivity contribution in [3.63, 3.8) is 0 Å². The van der Waals surface area contributed by atoms with Gasteiger partial charge in [0.25, 0.3) is 0 Å². The van der Waals surface area contributed by atoms with Crippen molar-refractivity contribution in [2.75, 3.05) is 12.3 Å². The van der Waals surface area contributed by atoms with Crippen LogP contribution in [0.4, 0.5) is 0 Å². The largest absolute Gasteiger partial charge is 0.467 e. The molecular formula is C21H23N5O2S. The van der Waals surface area contributed by atoms with Crippen molar-refractivity contribution in [2.45, 2.75) is 38.0 Å². The van der Waals surface area contributed by atoms with Gasteiger partial charge in [0, 0.05) is 19.5 Å². The van der Waals surface area contributed by atoms with Crippen molar-refractivity contribution >= 4 is 17.7 Å². The van der Waals surface area contributed by atoms with Crippen molar-refractivity contribution in [3.05, 3.63) is 65.9 Å². The number of aromatic nitrogens is 3. The van der Waals surface area contributed by atoms with E-state index in [9.17, 15) is 4.79 Å². The lowest BCUT2D eigenvalue weighted by Gasteiger charge is -2.20. The van der Waals surface area contributed by atoms with E-state index in [1.54, 1.807) is 17.2 Å². The third-order valence-electron chi connectivity index (χ3n) is 4.41. The highest BCUT2D eigenvalue weighted by molar-refractivity contribution is 7.99. The molecule has 2 aromatic heterocycles. The van der Waals surface area contributed by atoms with E-state index in [2.05, 4.69) is 28.4 Å². The van der Waals surface area contributed by atoms with Crippen LogP contribution in [0.3, 0.4) is 0 Å². The number of carbonyl (C=O) groups is 1. The first-order valence-corrected chi connectivity index (χ1v) is 10.5. The summed E-state index contributed by atoms with van der Waals surface area (Å²) in [5.41, 5.74) is 1.17. The highest BCUT2D eigenvalue weighted by atomic mass is 32.2. The zero-order valence-electron chi connectivity index (χ0n) is 16.3. The average Bonchev–Trinajstić information content (AvgIpc) is 3.39. The molecule has 0 bridgehead atoms. The van der Waals surface area contributed by atoms with Gasteiger partial charge in [0.1, 0.15) is 11.6 Å². The minimum atomic E-state index is -0.0584. The van der Waals surface area contributed by atoms with Gasteiger partial charge in [-0.3, -0.25) is 4.79 Å². The van der Waals surface area contributed by atoms with E-state index in [-0.39, 0.29) is 18.1 Å². The van der Waals surface area contributed by atoms with Gasteiger partial charge in [0.05, 0.1) is 31.1 Å². The smallest absolute Gasteiger partial charge is 0.233 e. The Hall–Kier alpha value is -3.05. The van der Waals surface area contributed by atoms with Crippen LogP contribution in [0.5, 0.6) is 0 Å². The Balaban J connectivity index is 1.64. The van der Waals surface area contributed by atoms with Crippen molar-refractivity contribution in [2.24, 2.45) is 0 Å². The van der Waals surface area contributed by atoms with Gasteiger partial charge in [0.2, 0.25) is 5.91 Å². The SMILES string of the molecule is CCn1c(Cc2ccccc2)nnc1SCC(=O)N(CCC#N)Cc1ccco1. The van der Waals surface area contributed by atoms with Crippen molar-refractivity contribution in [1.82, 2.24) is 19.7 Å². The summed E-state index contributed by atoms with van der Waals surface area (Å²) in [6.07, 6.45) is 2.56. The van der Waals surface area contributed by atoms with Crippen LogP contribution in [0.15, 0.2) is 58.3 Å². The molecule has 3 aromatic rings. The molecule has 29 heavy (non-hydrogen) atoms. The van der Waals surface area contributed by atoms with Crippen LogP contribution in [-0.4, -0.2) is 37.9 Å². The molecule has 2 heterocycles. The van der Waals surface area contributed by atoms with Gasteiger partial charge in [-0.25, -0.2) is 0 Å². The standard InChI is InChI=1S/C21H23N5O2S/c1-2-26-19(14-17-8-4-3-5-9-17)23-24-21(26)29-16-20(27)25(12-7-11-22)15-18-10-6-13-28-18/h3-6,8-10,13H,2,7,12,14-16H2,1H3. The third kappa shape index (κ3) is 5.72. The van der Waals surface area contributed by atoms with E-state index in [1.165, 1.54) is 17.3 Å². The van der Waals surface area contributed by atoms with Crippen molar-refractivity contribution in [3.8, 4) is 6.07 Å². The van der Waals surface area contributed by atoms with E-state index in [1.807, 2.05) is 35.8 Å². The molecule has 0 aliphatic carbocycles. The third-order valence-corrected chi connectivity index (χ3v) is 5.36. The van der Waals surface area contributed by atoms with Crippen LogP contribution in [0, 0.1) is 11.3 Å². The average molecular weight is 410 g/mol. The van der Waals surface area contributed by atoms with Crippen molar-refractivity contribution < 1.29 is 9.21 Å². The number of carbonyl (C=O) groups excluding carboxylic acids is 1. The Morgan fingerprint density at radius 3 is 2.76 bits per heavy atom. The summed E-state index contributed by atoms with van der Waals surface area (Å²) in [6, 6.07) is 15.8. The molecule has 150 valence electrons. The zero-order valence-corrected chi connectivity index (χ0v) is 17.1. The normalized spacial score (nSPS) is 10.6. The van der Waals surface area contributed by atoms with E-state index >= 15 is 0 Å². The molecule has 0 spiro atoms. The number of benzene rings is 1. The molecule has 0 aliphatic rings. The highest BCUT2D eigenvalue weighted by Gasteiger charge is 2.18. The molecule has 3 rings (SSSR count). The molecular weight excluding hydrogens is 386 g/mol. The number of thioether (sulfide) groups is 1. The predicted octanol–water partition coefficient (Wildman–Crippen LogP) is 3.52. The topological polar surface area (TPSA) is 88.0 Å². The molecule has 0 atom stereocenters. The molecule has 0 radical (unpaired) electrons. The number of furan rings is 1. The molecule has 0 unspecified atom stereocenters. The Labute approximate surface area is 174 Å². The molecule has 0 fully saturated rings. The van der Waals surface area contributed by atoms with Gasteiger partial charge in [-0.05, 0) is 24.6 Å². The summed E-state index contributed by atoms with van der Waals surface area (Å²) in [5, 5.41) is 18.2. The van der Waals surface area contributed by atoms with E-state index in [0.29, 0.717) is 25.3 Å². The second-order valence-electron chi connectivity index (χ2n) is 6.40. The van der Waals surface area contributed by atoms with Crippen LogP contribution in [-0.2, 0) is 24.3 Å². The van der Waals surface area contributed by atoms with E-state index in [0.717, 1.165) is 17.5 Å². The van der Waals surface area contributed by atoms with Crippen LogP contribution in [0.25, 0.3) is 0 Å². The monoisotopic (exact) mass is 409 g/mol. The first-order chi connectivity index (χ1) is 14.2. The molecule has 1 amide bonds. The van der Waals surface area contributed by atoms with E-state index in [4.69, 9.17) is 9.68 Å². The summed E-state index contributed by atoms with van der Waals surface area (Å²) >= 11 is 1.37. The molecule has 0 N–H and O–H groups in total. The van der Waals surface area contributed by atoms with Crippen molar-refractivity contribution in [1.29, 1.82) is 5.26 Å². The van der Waals surface area contributed by atoms with Gasteiger partial charge in [0.15, 0.2) is 5.16 Å². The Morgan fingerprint density at radius 1 is 1.24 bits per heavy atom. The minimum Gasteiger partial charge on any atom is -0.467 e. The summed E-state index contributed by atoms with van der Waals surface area (Å²) in [5.74, 6) is 1.75. The Morgan fingerprint density at radius 2 is 2.07 bits per heavy atom. The Bertz CT molecular complexity index is 947. The number of hydrogen-bond acceptors (Lipinski definition) is 6. The first kappa shape index (κ1) is 20.7. The molecule has 7 nitrogen and oxygen atoms in total. The lowest BCUT2D eigenvalue weighted by Crippen LogP contribution is -2.32. The quantitative estimate of drug-likeness (QED) is 0.476. The van der Waals surface area contributed by atoms with Gasteiger partial charge >= 0.3 is 0 Å². The molecule has 0 saturated carbocycles. The summed E-state index contributed by atoms with van der Waals surface area (Å²) in [7, 11) is 0. The van der Waals surface area contributed by atoms with Crippen LogP contribution in [0.1, 0.15) is 30.5 Å². The summed E-state index contributed by atoms with van der Waals surface area (Å²) < 4.78 is 7.38. The van der Waals surface area contributed by atoms with Crippen LogP contribution in [0.2, 0.25) is 0 Å².